The Kier molecular flexibility index (Phi) is 4.12. The van der Waals surface area contributed by atoms with E-state index in [4.69, 9.17) is 5.11 Å². The second-order valence-corrected chi connectivity index (χ2v) is 4.48. The van der Waals surface area contributed by atoms with Crippen molar-refractivity contribution < 1.29 is 14.7 Å². The van der Waals surface area contributed by atoms with Crippen LogP contribution in [0.1, 0.15) is 45.4 Å². The van der Waals surface area contributed by atoms with Crippen molar-refractivity contribution in [3.63, 3.8) is 0 Å². The van der Waals surface area contributed by atoms with Gasteiger partial charge in [-0.1, -0.05) is 26.2 Å². The van der Waals surface area contributed by atoms with Gasteiger partial charge in [0.1, 0.15) is 0 Å². The number of carboxylic acid groups (broad SMARTS) is 1. The number of aliphatic carboxylic acids is 1. The number of rotatable bonds is 6. The van der Waals surface area contributed by atoms with Crippen LogP contribution >= 0.6 is 0 Å². The van der Waals surface area contributed by atoms with E-state index in [0.29, 0.717) is 13.0 Å². The molecule has 1 unspecified atom stereocenters. The van der Waals surface area contributed by atoms with Gasteiger partial charge in [-0.2, -0.15) is 0 Å². The van der Waals surface area contributed by atoms with Gasteiger partial charge in [0.15, 0.2) is 0 Å². The van der Waals surface area contributed by atoms with E-state index in [9.17, 15) is 9.59 Å². The number of carbonyl (C=O) groups excluding carboxylic acids is 1. The number of hydrogen-bond acceptors (Lipinski definition) is 2. The van der Waals surface area contributed by atoms with Crippen molar-refractivity contribution in [2.75, 3.05) is 6.54 Å². The maximum atomic E-state index is 11.2. The Morgan fingerprint density at radius 2 is 2.27 bits per heavy atom. The van der Waals surface area contributed by atoms with Gasteiger partial charge in [-0.25, -0.2) is 0 Å². The molecular formula is C11H19NO3. The maximum Gasteiger partial charge on any atom is 0.303 e. The highest BCUT2D eigenvalue weighted by Gasteiger charge is 2.39. The first kappa shape index (κ1) is 12.0. The molecule has 0 saturated carbocycles. The van der Waals surface area contributed by atoms with Crippen molar-refractivity contribution in [2.45, 2.75) is 45.4 Å². The van der Waals surface area contributed by atoms with Crippen molar-refractivity contribution in [3.8, 4) is 0 Å². The molecule has 1 saturated heterocycles. The first-order valence-corrected chi connectivity index (χ1v) is 5.56. The minimum Gasteiger partial charge on any atom is -0.481 e. The molecule has 0 radical (unpaired) electrons. The quantitative estimate of drug-likeness (QED) is 0.658. The minimum absolute atomic E-state index is 0.00671. The lowest BCUT2D eigenvalue weighted by Crippen LogP contribution is -2.27. The lowest BCUT2D eigenvalue weighted by Gasteiger charge is -2.24. The first-order chi connectivity index (χ1) is 7.08. The third kappa shape index (κ3) is 3.53. The summed E-state index contributed by atoms with van der Waals surface area (Å²) < 4.78 is 0. The van der Waals surface area contributed by atoms with Gasteiger partial charge in [0.05, 0.1) is 6.42 Å². The summed E-state index contributed by atoms with van der Waals surface area (Å²) in [5.41, 5.74) is -0.321. The van der Waals surface area contributed by atoms with Crippen LogP contribution in [0.3, 0.4) is 0 Å². The normalized spacial score (nSPS) is 25.3. The van der Waals surface area contributed by atoms with E-state index in [2.05, 4.69) is 12.2 Å². The first-order valence-electron chi connectivity index (χ1n) is 5.56. The molecule has 4 nitrogen and oxygen atoms in total. The third-order valence-electron chi connectivity index (χ3n) is 3.03. The van der Waals surface area contributed by atoms with Crippen LogP contribution in [0, 0.1) is 5.41 Å². The third-order valence-corrected chi connectivity index (χ3v) is 3.03. The molecule has 0 bridgehead atoms. The van der Waals surface area contributed by atoms with Gasteiger partial charge in [-0.3, -0.25) is 9.59 Å². The Hall–Kier alpha value is -1.06. The molecule has 1 aliphatic heterocycles. The van der Waals surface area contributed by atoms with Crippen LogP contribution in [-0.2, 0) is 9.59 Å². The Morgan fingerprint density at radius 3 is 2.73 bits per heavy atom. The zero-order valence-corrected chi connectivity index (χ0v) is 9.21. The number of carbonyl (C=O) groups is 2. The summed E-state index contributed by atoms with van der Waals surface area (Å²) in [7, 11) is 0. The summed E-state index contributed by atoms with van der Waals surface area (Å²) in [5.74, 6) is -0.809. The Labute approximate surface area is 90.0 Å². The second kappa shape index (κ2) is 5.14. The predicted molar refractivity (Wildman–Crippen MR) is 56.5 cm³/mol. The summed E-state index contributed by atoms with van der Waals surface area (Å²) in [6.45, 7) is 2.64. The van der Waals surface area contributed by atoms with Gasteiger partial charge in [0, 0.05) is 18.4 Å². The largest absolute Gasteiger partial charge is 0.481 e. The highest BCUT2D eigenvalue weighted by Crippen LogP contribution is 2.35. The number of carboxylic acids is 1. The fourth-order valence-electron chi connectivity index (χ4n) is 2.21. The van der Waals surface area contributed by atoms with Gasteiger partial charge in [0.2, 0.25) is 5.91 Å². The van der Waals surface area contributed by atoms with Crippen LogP contribution in [0.25, 0.3) is 0 Å². The standard InChI is InChI=1S/C11H19NO3/c1-2-3-4-5-11(7-10(14)15)6-9(13)12-8-11/h2-8H2,1H3,(H,12,13)(H,14,15). The number of amides is 1. The summed E-state index contributed by atoms with van der Waals surface area (Å²) in [6, 6.07) is 0. The fourth-order valence-corrected chi connectivity index (χ4v) is 2.21. The van der Waals surface area contributed by atoms with E-state index in [1.165, 1.54) is 0 Å². The van der Waals surface area contributed by atoms with Crippen LogP contribution in [0.2, 0.25) is 0 Å². The molecule has 1 rings (SSSR count). The van der Waals surface area contributed by atoms with Crippen molar-refractivity contribution in [1.82, 2.24) is 5.32 Å². The van der Waals surface area contributed by atoms with E-state index in [0.717, 1.165) is 25.7 Å². The molecule has 2 N–H and O–H groups in total. The number of unbranched alkanes of at least 4 members (excludes halogenated alkanes) is 2. The lowest BCUT2D eigenvalue weighted by atomic mass is 9.78. The molecule has 15 heavy (non-hydrogen) atoms. The molecule has 0 spiro atoms. The van der Waals surface area contributed by atoms with Crippen LogP contribution < -0.4 is 5.32 Å². The minimum atomic E-state index is -0.803. The molecule has 86 valence electrons. The van der Waals surface area contributed by atoms with Crippen molar-refractivity contribution >= 4 is 11.9 Å². The fraction of sp³-hybridized carbons (Fsp3) is 0.818. The Bertz CT molecular complexity index is 252. The monoisotopic (exact) mass is 213 g/mol. The molecule has 0 aliphatic carbocycles. The zero-order valence-electron chi connectivity index (χ0n) is 9.21. The molecule has 1 aliphatic rings. The molecule has 0 aromatic heterocycles. The van der Waals surface area contributed by atoms with Gasteiger partial charge < -0.3 is 10.4 Å². The summed E-state index contributed by atoms with van der Waals surface area (Å²) >= 11 is 0. The zero-order chi connectivity index (χ0) is 11.3. The predicted octanol–water partition coefficient (Wildman–Crippen LogP) is 1.55. The molecule has 1 amide bonds. The van der Waals surface area contributed by atoms with Crippen molar-refractivity contribution in [3.05, 3.63) is 0 Å². The van der Waals surface area contributed by atoms with Crippen molar-refractivity contribution in [2.24, 2.45) is 5.41 Å². The average molecular weight is 213 g/mol. The number of nitrogens with one attached hydrogen (secondary N) is 1. The average Bonchev–Trinajstić information content (AvgIpc) is 2.47. The molecule has 1 atom stereocenters. The van der Waals surface area contributed by atoms with E-state index in [1.54, 1.807) is 0 Å². The Balaban J connectivity index is 2.52. The molecule has 0 aromatic carbocycles. The van der Waals surface area contributed by atoms with Crippen LogP contribution in [0.4, 0.5) is 0 Å². The van der Waals surface area contributed by atoms with Crippen LogP contribution in [-0.4, -0.2) is 23.5 Å². The SMILES string of the molecule is CCCCCC1(CC(=O)O)CNC(=O)C1. The van der Waals surface area contributed by atoms with Crippen molar-refractivity contribution in [1.29, 1.82) is 0 Å². The van der Waals surface area contributed by atoms with Gasteiger partial charge in [0.25, 0.3) is 0 Å². The summed E-state index contributed by atoms with van der Waals surface area (Å²) in [4.78, 5) is 21.9. The number of hydrogen-bond donors (Lipinski definition) is 2. The molecule has 1 fully saturated rings. The van der Waals surface area contributed by atoms with Crippen LogP contribution in [0.5, 0.6) is 0 Å². The molecule has 0 aromatic rings. The van der Waals surface area contributed by atoms with E-state index >= 15 is 0 Å². The summed E-state index contributed by atoms with van der Waals surface area (Å²) in [5, 5.41) is 11.6. The highest BCUT2D eigenvalue weighted by atomic mass is 16.4. The van der Waals surface area contributed by atoms with Gasteiger partial charge >= 0.3 is 5.97 Å². The lowest BCUT2D eigenvalue weighted by molar-refractivity contribution is -0.139. The van der Waals surface area contributed by atoms with Gasteiger partial charge in [-0.15, -0.1) is 0 Å². The molecule has 4 heteroatoms. The second-order valence-electron chi connectivity index (χ2n) is 4.48. The highest BCUT2D eigenvalue weighted by molar-refractivity contribution is 5.80. The smallest absolute Gasteiger partial charge is 0.303 e. The topological polar surface area (TPSA) is 66.4 Å². The van der Waals surface area contributed by atoms with E-state index in [-0.39, 0.29) is 17.7 Å². The van der Waals surface area contributed by atoms with E-state index < -0.39 is 5.97 Å². The molecule has 1 heterocycles. The maximum absolute atomic E-state index is 11.2. The Morgan fingerprint density at radius 1 is 1.53 bits per heavy atom. The van der Waals surface area contributed by atoms with Crippen LogP contribution in [0.15, 0.2) is 0 Å². The van der Waals surface area contributed by atoms with E-state index in [1.807, 2.05) is 0 Å². The summed E-state index contributed by atoms with van der Waals surface area (Å²) in [6.07, 6.45) is 4.56. The molecular weight excluding hydrogens is 194 g/mol. The van der Waals surface area contributed by atoms with Gasteiger partial charge in [-0.05, 0) is 6.42 Å².